The minimum atomic E-state index is -3.75. The maximum absolute atomic E-state index is 12.9. The Bertz CT molecular complexity index is 1020. The van der Waals surface area contributed by atoms with Crippen LogP contribution in [0.3, 0.4) is 0 Å². The van der Waals surface area contributed by atoms with Crippen LogP contribution in [0, 0.1) is 0 Å². The first kappa shape index (κ1) is 19.8. The van der Waals surface area contributed by atoms with Gasteiger partial charge in [0.15, 0.2) is 5.03 Å². The third-order valence-electron chi connectivity index (χ3n) is 4.38. The van der Waals surface area contributed by atoms with Crippen molar-refractivity contribution in [3.05, 3.63) is 36.8 Å². The Kier molecular flexibility index (Phi) is 5.56. The van der Waals surface area contributed by atoms with Gasteiger partial charge in [-0.15, -0.1) is 0 Å². The van der Waals surface area contributed by atoms with E-state index in [-0.39, 0.29) is 36.1 Å². The molecule has 9 nitrogen and oxygen atoms in total. The molecular weight excluding hydrogens is 392 g/mol. The Hall–Kier alpha value is -1.95. The minimum absolute atomic E-state index is 0.0332. The second-order valence-corrected chi connectivity index (χ2v) is 10.0. The van der Waals surface area contributed by atoms with Crippen LogP contribution in [-0.4, -0.2) is 68.3 Å². The summed E-state index contributed by atoms with van der Waals surface area (Å²) in [6.45, 7) is 0.629. The number of nitrogens with zero attached hydrogens (tertiary/aromatic N) is 4. The van der Waals surface area contributed by atoms with Crippen molar-refractivity contribution in [1.82, 2.24) is 18.2 Å². The summed E-state index contributed by atoms with van der Waals surface area (Å²) >= 11 is 0. The summed E-state index contributed by atoms with van der Waals surface area (Å²) in [5, 5.41) is -0.0332. The molecule has 2 aromatic rings. The maximum atomic E-state index is 12.9. The SMILES string of the molecule is COc1cccc(S(=O)(=O)N2CCCN(S(=O)(=O)c3cn(C)cn3)CC2)c1. The van der Waals surface area contributed by atoms with Crippen LogP contribution in [0.5, 0.6) is 5.75 Å². The quantitative estimate of drug-likeness (QED) is 0.707. The topological polar surface area (TPSA) is 102 Å². The van der Waals surface area contributed by atoms with Gasteiger partial charge in [-0.25, -0.2) is 21.8 Å². The first-order valence-electron chi connectivity index (χ1n) is 8.37. The van der Waals surface area contributed by atoms with E-state index in [9.17, 15) is 16.8 Å². The molecule has 1 aromatic carbocycles. The van der Waals surface area contributed by atoms with Crippen molar-refractivity contribution in [3.63, 3.8) is 0 Å². The Morgan fingerprint density at radius 1 is 1.00 bits per heavy atom. The Morgan fingerprint density at radius 3 is 2.26 bits per heavy atom. The van der Waals surface area contributed by atoms with Crippen molar-refractivity contribution in [2.75, 3.05) is 33.3 Å². The van der Waals surface area contributed by atoms with Crippen LogP contribution in [0.2, 0.25) is 0 Å². The number of methoxy groups -OCH3 is 1. The highest BCUT2D eigenvalue weighted by atomic mass is 32.2. The number of aromatic nitrogens is 2. The summed E-state index contributed by atoms with van der Waals surface area (Å²) in [5.41, 5.74) is 0. The number of rotatable bonds is 5. The molecule has 1 saturated heterocycles. The van der Waals surface area contributed by atoms with E-state index in [1.54, 1.807) is 23.7 Å². The van der Waals surface area contributed by atoms with Gasteiger partial charge in [-0.1, -0.05) is 6.07 Å². The van der Waals surface area contributed by atoms with Crippen molar-refractivity contribution in [2.24, 2.45) is 7.05 Å². The average Bonchev–Trinajstić information content (AvgIpc) is 2.93. The van der Waals surface area contributed by atoms with Crippen LogP contribution < -0.4 is 4.74 Å². The third-order valence-corrected chi connectivity index (χ3v) is 8.06. The summed E-state index contributed by atoms with van der Waals surface area (Å²) in [6, 6.07) is 6.25. The molecule has 0 amide bonds. The van der Waals surface area contributed by atoms with Crippen LogP contribution in [0.1, 0.15) is 6.42 Å². The van der Waals surface area contributed by atoms with Gasteiger partial charge in [-0.05, 0) is 18.6 Å². The predicted molar refractivity (Wildman–Crippen MR) is 98.3 cm³/mol. The molecule has 1 fully saturated rings. The van der Waals surface area contributed by atoms with Gasteiger partial charge in [-0.3, -0.25) is 0 Å². The van der Waals surface area contributed by atoms with Crippen LogP contribution in [0.25, 0.3) is 0 Å². The van der Waals surface area contributed by atoms with Crippen LogP contribution >= 0.6 is 0 Å². The molecule has 11 heteroatoms. The summed E-state index contributed by atoms with van der Waals surface area (Å²) in [7, 11) is -4.32. The molecule has 1 aliphatic heterocycles. The molecular formula is C16H22N4O5S2. The van der Waals surface area contributed by atoms with Gasteiger partial charge < -0.3 is 9.30 Å². The Balaban J connectivity index is 1.80. The number of hydrogen-bond acceptors (Lipinski definition) is 6. The molecule has 0 bridgehead atoms. The zero-order valence-electron chi connectivity index (χ0n) is 15.1. The highest BCUT2D eigenvalue weighted by Crippen LogP contribution is 2.23. The van der Waals surface area contributed by atoms with Gasteiger partial charge in [0.1, 0.15) is 5.75 Å². The molecule has 1 aliphatic rings. The molecule has 27 heavy (non-hydrogen) atoms. The highest BCUT2D eigenvalue weighted by Gasteiger charge is 2.32. The molecule has 148 valence electrons. The number of benzene rings is 1. The zero-order valence-corrected chi connectivity index (χ0v) is 16.8. The summed E-state index contributed by atoms with van der Waals surface area (Å²) in [4.78, 5) is 4.04. The first-order valence-corrected chi connectivity index (χ1v) is 11.3. The number of ether oxygens (including phenoxy) is 1. The molecule has 0 aliphatic carbocycles. The second kappa shape index (κ2) is 7.58. The smallest absolute Gasteiger partial charge is 0.262 e. The number of sulfonamides is 2. The molecule has 1 aromatic heterocycles. The van der Waals surface area contributed by atoms with E-state index < -0.39 is 20.0 Å². The van der Waals surface area contributed by atoms with E-state index in [1.165, 1.54) is 40.4 Å². The van der Waals surface area contributed by atoms with Crippen molar-refractivity contribution < 1.29 is 21.6 Å². The van der Waals surface area contributed by atoms with Crippen molar-refractivity contribution >= 4 is 20.0 Å². The molecule has 0 spiro atoms. The Labute approximate surface area is 159 Å². The molecule has 0 atom stereocenters. The lowest BCUT2D eigenvalue weighted by molar-refractivity contribution is 0.401. The molecule has 2 heterocycles. The van der Waals surface area contributed by atoms with E-state index >= 15 is 0 Å². The Morgan fingerprint density at radius 2 is 1.67 bits per heavy atom. The minimum Gasteiger partial charge on any atom is -0.497 e. The highest BCUT2D eigenvalue weighted by molar-refractivity contribution is 7.89. The number of aryl methyl sites for hydroxylation is 1. The van der Waals surface area contributed by atoms with Crippen LogP contribution in [0.4, 0.5) is 0 Å². The molecule has 3 rings (SSSR count). The zero-order chi connectivity index (χ0) is 19.7. The third kappa shape index (κ3) is 4.00. The monoisotopic (exact) mass is 414 g/mol. The average molecular weight is 415 g/mol. The van der Waals surface area contributed by atoms with E-state index in [2.05, 4.69) is 4.98 Å². The second-order valence-electron chi connectivity index (χ2n) is 6.22. The van der Waals surface area contributed by atoms with E-state index in [0.717, 1.165) is 0 Å². The van der Waals surface area contributed by atoms with Crippen molar-refractivity contribution in [3.8, 4) is 5.75 Å². The van der Waals surface area contributed by atoms with E-state index in [4.69, 9.17) is 4.74 Å². The predicted octanol–water partition coefficient (Wildman–Crippen LogP) is 0.514. The van der Waals surface area contributed by atoms with Crippen LogP contribution in [-0.2, 0) is 27.1 Å². The fourth-order valence-electron chi connectivity index (χ4n) is 2.92. The van der Waals surface area contributed by atoms with E-state index in [0.29, 0.717) is 12.2 Å². The number of hydrogen-bond donors (Lipinski definition) is 0. The molecule has 0 radical (unpaired) electrons. The van der Waals surface area contributed by atoms with Gasteiger partial charge in [0.25, 0.3) is 10.0 Å². The molecule has 0 N–H and O–H groups in total. The first-order chi connectivity index (χ1) is 12.7. The molecule has 0 saturated carbocycles. The van der Waals surface area contributed by atoms with Gasteiger partial charge in [0.05, 0.1) is 18.3 Å². The van der Waals surface area contributed by atoms with Gasteiger partial charge in [0, 0.05) is 45.5 Å². The maximum Gasteiger partial charge on any atom is 0.262 e. The fourth-order valence-corrected chi connectivity index (χ4v) is 5.86. The van der Waals surface area contributed by atoms with Gasteiger partial charge >= 0.3 is 0 Å². The summed E-state index contributed by atoms with van der Waals surface area (Å²) < 4.78 is 60.6. The summed E-state index contributed by atoms with van der Waals surface area (Å²) in [6.07, 6.45) is 3.25. The van der Waals surface area contributed by atoms with Gasteiger partial charge in [-0.2, -0.15) is 8.61 Å². The normalized spacial score (nSPS) is 17.6. The largest absolute Gasteiger partial charge is 0.497 e. The summed E-state index contributed by atoms with van der Waals surface area (Å²) in [5.74, 6) is 0.449. The molecule has 0 unspecified atom stereocenters. The standard InChI is InChI=1S/C16H22N4O5S2/c1-18-12-16(17-13-18)27(23,24)20-8-4-7-19(9-10-20)26(21,22)15-6-3-5-14(11-15)25-2/h3,5-6,11-13H,4,7-10H2,1-2H3. The lowest BCUT2D eigenvalue weighted by Crippen LogP contribution is -2.37. The van der Waals surface area contributed by atoms with Gasteiger partial charge in [0.2, 0.25) is 10.0 Å². The van der Waals surface area contributed by atoms with Crippen molar-refractivity contribution in [2.45, 2.75) is 16.3 Å². The van der Waals surface area contributed by atoms with E-state index in [1.807, 2.05) is 0 Å². The fraction of sp³-hybridized carbons (Fsp3) is 0.438. The lowest BCUT2D eigenvalue weighted by Gasteiger charge is -2.21. The van der Waals surface area contributed by atoms with Crippen LogP contribution in [0.15, 0.2) is 46.7 Å². The van der Waals surface area contributed by atoms with Crippen molar-refractivity contribution in [1.29, 1.82) is 0 Å². The number of imidazole rings is 1. The lowest BCUT2D eigenvalue weighted by atomic mass is 10.3.